The predicted molar refractivity (Wildman–Crippen MR) is 41.1 cm³/mol. The van der Waals surface area contributed by atoms with Crippen LogP contribution in [-0.2, 0) is 18.4 Å². The number of nitrogens with one attached hydrogen (secondary N) is 1. The molecule has 7 heteroatoms. The first-order valence-electron chi connectivity index (χ1n) is 3.72. The predicted octanol–water partition coefficient (Wildman–Crippen LogP) is 0.599. The molecule has 4 nitrogen and oxygen atoms in total. The van der Waals surface area contributed by atoms with Crippen LogP contribution in [0.15, 0.2) is 12.4 Å². The first-order chi connectivity index (χ1) is 6.39. The molecule has 0 aromatic carbocycles. The van der Waals surface area contributed by atoms with Crippen molar-refractivity contribution in [2.24, 2.45) is 7.05 Å². The highest BCUT2D eigenvalue weighted by atomic mass is 19.4. The third-order valence-corrected chi connectivity index (χ3v) is 1.47. The molecule has 14 heavy (non-hydrogen) atoms. The van der Waals surface area contributed by atoms with E-state index < -0.39 is 12.1 Å². The molecule has 0 aliphatic carbocycles. The molecule has 0 saturated heterocycles. The minimum atomic E-state index is -4.83. The lowest BCUT2D eigenvalue weighted by molar-refractivity contribution is -0.173. The van der Waals surface area contributed by atoms with Crippen molar-refractivity contribution in [3.8, 4) is 0 Å². The highest BCUT2D eigenvalue weighted by Gasteiger charge is 2.38. The van der Waals surface area contributed by atoms with Crippen LogP contribution in [0.3, 0.4) is 0 Å². The maximum Gasteiger partial charge on any atom is 0.471 e. The van der Waals surface area contributed by atoms with Gasteiger partial charge in [-0.25, -0.2) is 0 Å². The molecule has 0 saturated carbocycles. The van der Waals surface area contributed by atoms with Gasteiger partial charge in [0, 0.05) is 25.4 Å². The molecule has 0 aliphatic heterocycles. The Balaban J connectivity index is 2.46. The summed E-state index contributed by atoms with van der Waals surface area (Å²) in [4.78, 5) is 10.4. The maximum atomic E-state index is 11.7. The number of nitrogens with zero attached hydrogens (tertiary/aromatic N) is 2. The van der Waals surface area contributed by atoms with E-state index in [9.17, 15) is 18.0 Å². The summed E-state index contributed by atoms with van der Waals surface area (Å²) in [6.07, 6.45) is -1.92. The van der Waals surface area contributed by atoms with Crippen LogP contribution in [0.5, 0.6) is 0 Å². The lowest BCUT2D eigenvalue weighted by Crippen LogP contribution is -2.36. The van der Waals surface area contributed by atoms with Gasteiger partial charge in [0.2, 0.25) is 0 Å². The molecule has 1 aromatic heterocycles. The van der Waals surface area contributed by atoms with E-state index in [2.05, 4.69) is 5.10 Å². The number of hydrogen-bond donors (Lipinski definition) is 1. The Morgan fingerprint density at radius 2 is 2.29 bits per heavy atom. The smallest absolute Gasteiger partial charge is 0.344 e. The van der Waals surface area contributed by atoms with E-state index in [1.54, 1.807) is 12.4 Å². The van der Waals surface area contributed by atoms with Crippen molar-refractivity contribution in [1.82, 2.24) is 15.1 Å². The molecule has 1 aromatic rings. The van der Waals surface area contributed by atoms with Gasteiger partial charge in [-0.3, -0.25) is 9.48 Å². The molecule has 0 unspecified atom stereocenters. The molecular formula is C7H8F3N3O. The molecule has 1 rings (SSSR count). The van der Waals surface area contributed by atoms with Crippen LogP contribution >= 0.6 is 0 Å². The Hall–Kier alpha value is -1.53. The molecule has 0 atom stereocenters. The van der Waals surface area contributed by atoms with Gasteiger partial charge in [-0.05, 0) is 0 Å². The Bertz CT molecular complexity index is 331. The summed E-state index contributed by atoms with van der Waals surface area (Å²) < 4.78 is 36.6. The number of halogens is 3. The van der Waals surface area contributed by atoms with Gasteiger partial charge in [-0.1, -0.05) is 0 Å². The summed E-state index contributed by atoms with van der Waals surface area (Å²) in [5.74, 6) is -1.94. The van der Waals surface area contributed by atoms with Crippen molar-refractivity contribution in [3.05, 3.63) is 18.0 Å². The van der Waals surface area contributed by atoms with E-state index in [0.29, 0.717) is 5.56 Å². The number of amides is 1. The van der Waals surface area contributed by atoms with Crippen molar-refractivity contribution >= 4 is 5.91 Å². The Morgan fingerprint density at radius 1 is 1.64 bits per heavy atom. The zero-order valence-electron chi connectivity index (χ0n) is 7.30. The average molecular weight is 207 g/mol. The second-order valence-electron chi connectivity index (χ2n) is 2.70. The quantitative estimate of drug-likeness (QED) is 0.771. The van der Waals surface area contributed by atoms with E-state index >= 15 is 0 Å². The molecule has 1 N–H and O–H groups in total. The Kier molecular flexibility index (Phi) is 2.78. The first kappa shape index (κ1) is 10.6. The summed E-state index contributed by atoms with van der Waals surface area (Å²) in [6.45, 7) is -0.174. The maximum absolute atomic E-state index is 11.7. The van der Waals surface area contributed by atoms with Crippen molar-refractivity contribution in [3.63, 3.8) is 0 Å². The number of aryl methyl sites for hydroxylation is 1. The largest absolute Gasteiger partial charge is 0.471 e. The number of rotatable bonds is 2. The number of alkyl halides is 3. The van der Waals surface area contributed by atoms with Gasteiger partial charge in [0.1, 0.15) is 0 Å². The molecule has 0 fully saturated rings. The van der Waals surface area contributed by atoms with Crippen LogP contribution in [0.4, 0.5) is 13.2 Å². The highest BCUT2D eigenvalue weighted by Crippen LogP contribution is 2.14. The van der Waals surface area contributed by atoms with Gasteiger partial charge in [-0.2, -0.15) is 18.3 Å². The fraction of sp³-hybridized carbons (Fsp3) is 0.429. The molecule has 0 aliphatic rings. The van der Waals surface area contributed by atoms with E-state index in [0.717, 1.165) is 0 Å². The molecule has 78 valence electrons. The monoisotopic (exact) mass is 207 g/mol. The molecule has 0 bridgehead atoms. The highest BCUT2D eigenvalue weighted by molar-refractivity contribution is 5.81. The van der Waals surface area contributed by atoms with Crippen molar-refractivity contribution in [1.29, 1.82) is 0 Å². The van der Waals surface area contributed by atoms with Crippen molar-refractivity contribution in [2.45, 2.75) is 12.7 Å². The SMILES string of the molecule is Cn1cc(CNC(=O)C(F)(F)F)cn1. The second kappa shape index (κ2) is 3.69. The Morgan fingerprint density at radius 3 is 2.71 bits per heavy atom. The topological polar surface area (TPSA) is 46.9 Å². The van der Waals surface area contributed by atoms with Crippen LogP contribution in [0.25, 0.3) is 0 Å². The van der Waals surface area contributed by atoms with Crippen LogP contribution in [0.1, 0.15) is 5.56 Å². The number of carbonyl (C=O) groups is 1. The van der Waals surface area contributed by atoms with Gasteiger partial charge in [-0.15, -0.1) is 0 Å². The summed E-state index contributed by atoms with van der Waals surface area (Å²) in [5, 5.41) is 5.48. The van der Waals surface area contributed by atoms with Crippen molar-refractivity contribution in [2.75, 3.05) is 0 Å². The minimum absolute atomic E-state index is 0.174. The third-order valence-electron chi connectivity index (χ3n) is 1.47. The lowest BCUT2D eigenvalue weighted by atomic mass is 10.3. The van der Waals surface area contributed by atoms with Gasteiger partial charge >= 0.3 is 12.1 Å². The molecular weight excluding hydrogens is 199 g/mol. The standard InChI is InChI=1S/C7H8F3N3O/c1-13-4-5(3-12-13)2-11-6(14)7(8,9)10/h3-4H,2H2,1H3,(H,11,14). The third kappa shape index (κ3) is 2.75. The van der Waals surface area contributed by atoms with Crippen LogP contribution in [0, 0.1) is 0 Å². The zero-order valence-corrected chi connectivity index (χ0v) is 7.30. The number of hydrogen-bond acceptors (Lipinski definition) is 2. The van der Waals surface area contributed by atoms with E-state index in [1.807, 2.05) is 0 Å². The van der Waals surface area contributed by atoms with Gasteiger partial charge in [0.05, 0.1) is 6.20 Å². The lowest BCUT2D eigenvalue weighted by Gasteiger charge is -2.05. The van der Waals surface area contributed by atoms with Crippen LogP contribution in [-0.4, -0.2) is 21.9 Å². The second-order valence-corrected chi connectivity index (χ2v) is 2.70. The summed E-state index contributed by atoms with van der Waals surface area (Å²) in [6, 6.07) is 0. The fourth-order valence-corrected chi connectivity index (χ4v) is 0.846. The van der Waals surface area contributed by atoms with E-state index in [4.69, 9.17) is 0 Å². The average Bonchev–Trinajstić information content (AvgIpc) is 2.45. The molecule has 1 heterocycles. The fourth-order valence-electron chi connectivity index (χ4n) is 0.846. The van der Waals surface area contributed by atoms with Gasteiger partial charge in [0.15, 0.2) is 0 Å². The van der Waals surface area contributed by atoms with Gasteiger partial charge in [0.25, 0.3) is 0 Å². The molecule has 0 spiro atoms. The van der Waals surface area contributed by atoms with Gasteiger partial charge < -0.3 is 5.32 Å². The summed E-state index contributed by atoms with van der Waals surface area (Å²) in [5.41, 5.74) is 0.519. The molecule has 1 amide bonds. The number of carbonyl (C=O) groups excluding carboxylic acids is 1. The Labute approximate surface area is 77.7 Å². The summed E-state index contributed by atoms with van der Waals surface area (Å²) in [7, 11) is 1.63. The summed E-state index contributed by atoms with van der Waals surface area (Å²) >= 11 is 0. The zero-order chi connectivity index (χ0) is 10.8. The van der Waals surface area contributed by atoms with E-state index in [-0.39, 0.29) is 6.54 Å². The van der Waals surface area contributed by atoms with Crippen LogP contribution in [0.2, 0.25) is 0 Å². The molecule has 0 radical (unpaired) electrons. The minimum Gasteiger partial charge on any atom is -0.344 e. The normalized spacial score (nSPS) is 11.4. The first-order valence-corrected chi connectivity index (χ1v) is 3.72. The van der Waals surface area contributed by atoms with E-state index in [1.165, 1.54) is 17.1 Å². The van der Waals surface area contributed by atoms with Crippen molar-refractivity contribution < 1.29 is 18.0 Å². The van der Waals surface area contributed by atoms with Crippen LogP contribution < -0.4 is 5.32 Å². The number of aromatic nitrogens is 2.